The lowest BCUT2D eigenvalue weighted by Gasteiger charge is -2.09. The average molecular weight is 266 g/mol. The van der Waals surface area contributed by atoms with E-state index in [0.29, 0.717) is 12.4 Å². The number of anilines is 1. The van der Waals surface area contributed by atoms with Crippen molar-refractivity contribution in [3.8, 4) is 0 Å². The maximum Gasteiger partial charge on any atom is 0.179 e. The molecule has 0 aromatic carbocycles. The normalized spacial score (nSPS) is 11.4. The molecule has 0 amide bonds. The molecule has 1 N–H and O–H groups in total. The van der Waals surface area contributed by atoms with E-state index >= 15 is 0 Å². The molecule has 2 aromatic rings. The van der Waals surface area contributed by atoms with Crippen molar-refractivity contribution in [1.82, 2.24) is 14.5 Å². The lowest BCUT2D eigenvalue weighted by Crippen LogP contribution is -2.10. The molecule has 0 atom stereocenters. The van der Waals surface area contributed by atoms with Crippen LogP contribution in [0.2, 0.25) is 0 Å². The van der Waals surface area contributed by atoms with Crippen LogP contribution >= 0.6 is 0 Å². The number of pyridine rings is 1. The summed E-state index contributed by atoms with van der Waals surface area (Å²) in [5.74, 6) is 1.16. The van der Waals surface area contributed by atoms with Gasteiger partial charge in [0.15, 0.2) is 9.84 Å². The van der Waals surface area contributed by atoms with Crippen molar-refractivity contribution in [1.29, 1.82) is 0 Å². The lowest BCUT2D eigenvalue weighted by molar-refractivity contribution is 0.601. The molecule has 2 rings (SSSR count). The minimum atomic E-state index is -3.29. The Labute approximate surface area is 106 Å². The third-order valence-electron chi connectivity index (χ3n) is 2.51. The van der Waals surface area contributed by atoms with Crippen LogP contribution in [0.3, 0.4) is 0 Å². The fourth-order valence-corrected chi connectivity index (χ4v) is 2.35. The highest BCUT2D eigenvalue weighted by Crippen LogP contribution is 2.18. The molecule has 0 fully saturated rings. The first kappa shape index (κ1) is 12.6. The summed E-state index contributed by atoms with van der Waals surface area (Å²) >= 11 is 0. The maximum absolute atomic E-state index is 11.6. The molecule has 0 spiro atoms. The summed E-state index contributed by atoms with van der Waals surface area (Å²) in [5, 5.41) is 2.99. The summed E-state index contributed by atoms with van der Waals surface area (Å²) in [6, 6.07) is 3.13. The number of nitrogens with zero attached hydrogens (tertiary/aromatic N) is 3. The molecule has 0 aliphatic rings. The Kier molecular flexibility index (Phi) is 3.33. The summed E-state index contributed by atoms with van der Waals surface area (Å²) in [5.41, 5.74) is 0. The first-order chi connectivity index (χ1) is 8.48. The Morgan fingerprint density at radius 2 is 2.11 bits per heavy atom. The van der Waals surface area contributed by atoms with Gasteiger partial charge < -0.3 is 9.88 Å². The Morgan fingerprint density at radius 3 is 2.72 bits per heavy atom. The van der Waals surface area contributed by atoms with Crippen molar-refractivity contribution in [2.75, 3.05) is 11.6 Å². The molecule has 0 aliphatic carbocycles. The van der Waals surface area contributed by atoms with Gasteiger partial charge in [-0.15, -0.1) is 0 Å². The molecule has 0 bridgehead atoms. The zero-order valence-corrected chi connectivity index (χ0v) is 11.0. The van der Waals surface area contributed by atoms with E-state index in [-0.39, 0.29) is 4.90 Å². The minimum Gasteiger partial charge on any atom is -0.362 e. The summed E-state index contributed by atoms with van der Waals surface area (Å²) in [6.45, 7) is 0.420. The Morgan fingerprint density at radius 1 is 1.33 bits per heavy atom. The SMILES string of the molecule is Cn1ccnc1CNc1ncccc1S(C)(=O)=O. The van der Waals surface area contributed by atoms with E-state index in [1.54, 1.807) is 18.5 Å². The molecule has 0 radical (unpaired) electrons. The predicted octanol–water partition coefficient (Wildman–Crippen LogP) is 0.831. The Balaban J connectivity index is 2.23. The zero-order valence-electron chi connectivity index (χ0n) is 10.2. The molecule has 2 aromatic heterocycles. The predicted molar refractivity (Wildman–Crippen MR) is 67.9 cm³/mol. The number of rotatable bonds is 4. The molecule has 0 saturated carbocycles. The van der Waals surface area contributed by atoms with Gasteiger partial charge in [0, 0.05) is 31.9 Å². The maximum atomic E-state index is 11.6. The standard InChI is InChI=1S/C11H14N4O2S/c1-15-7-6-12-10(15)8-14-11-9(18(2,16)17)4-3-5-13-11/h3-7H,8H2,1-2H3,(H,13,14). The van der Waals surface area contributed by atoms with Gasteiger partial charge in [0.05, 0.1) is 6.54 Å². The van der Waals surface area contributed by atoms with Crippen molar-refractivity contribution < 1.29 is 8.42 Å². The first-order valence-corrected chi connectivity index (χ1v) is 7.23. The largest absolute Gasteiger partial charge is 0.362 e. The van der Waals surface area contributed by atoms with Crippen molar-refractivity contribution >= 4 is 15.7 Å². The topological polar surface area (TPSA) is 76.9 Å². The zero-order chi connectivity index (χ0) is 13.2. The van der Waals surface area contributed by atoms with E-state index in [1.807, 2.05) is 17.8 Å². The molecule has 0 saturated heterocycles. The highest BCUT2D eigenvalue weighted by molar-refractivity contribution is 7.90. The highest BCUT2D eigenvalue weighted by Gasteiger charge is 2.13. The fraction of sp³-hybridized carbons (Fsp3) is 0.273. The number of hydrogen-bond acceptors (Lipinski definition) is 5. The molecular formula is C11H14N4O2S. The van der Waals surface area contributed by atoms with Crippen LogP contribution in [0.4, 0.5) is 5.82 Å². The van der Waals surface area contributed by atoms with Crippen molar-refractivity contribution in [2.24, 2.45) is 7.05 Å². The average Bonchev–Trinajstić information content (AvgIpc) is 2.71. The molecule has 96 valence electrons. The van der Waals surface area contributed by atoms with Crippen LogP contribution in [0, 0.1) is 0 Å². The van der Waals surface area contributed by atoms with Crippen molar-refractivity contribution in [2.45, 2.75) is 11.4 Å². The lowest BCUT2D eigenvalue weighted by atomic mass is 10.4. The monoisotopic (exact) mass is 266 g/mol. The third-order valence-corrected chi connectivity index (χ3v) is 3.63. The van der Waals surface area contributed by atoms with E-state index in [2.05, 4.69) is 15.3 Å². The summed E-state index contributed by atoms with van der Waals surface area (Å²) < 4.78 is 25.0. The quantitative estimate of drug-likeness (QED) is 0.887. The van der Waals surface area contributed by atoms with Gasteiger partial charge in [0.2, 0.25) is 0 Å². The number of aryl methyl sites for hydroxylation is 1. The van der Waals surface area contributed by atoms with Crippen LogP contribution in [-0.2, 0) is 23.4 Å². The molecule has 6 nitrogen and oxygen atoms in total. The van der Waals surface area contributed by atoms with E-state index < -0.39 is 9.84 Å². The van der Waals surface area contributed by atoms with Gasteiger partial charge in [-0.25, -0.2) is 18.4 Å². The van der Waals surface area contributed by atoms with Crippen LogP contribution in [0.5, 0.6) is 0 Å². The van der Waals surface area contributed by atoms with Gasteiger partial charge in [-0.2, -0.15) is 0 Å². The summed E-state index contributed by atoms with van der Waals surface area (Å²) in [7, 11) is -1.41. The molecular weight excluding hydrogens is 252 g/mol. The van der Waals surface area contributed by atoms with Crippen LogP contribution in [0.15, 0.2) is 35.6 Å². The van der Waals surface area contributed by atoms with Gasteiger partial charge in [-0.1, -0.05) is 0 Å². The van der Waals surface area contributed by atoms with E-state index in [9.17, 15) is 8.42 Å². The molecule has 18 heavy (non-hydrogen) atoms. The first-order valence-electron chi connectivity index (χ1n) is 5.33. The van der Waals surface area contributed by atoms with Crippen LogP contribution in [-0.4, -0.2) is 29.2 Å². The summed E-state index contributed by atoms with van der Waals surface area (Å²) in [6.07, 6.45) is 6.23. The van der Waals surface area contributed by atoms with Crippen LogP contribution in [0.25, 0.3) is 0 Å². The number of nitrogens with one attached hydrogen (secondary N) is 1. The van der Waals surface area contributed by atoms with Crippen LogP contribution in [0.1, 0.15) is 5.82 Å². The molecule has 0 unspecified atom stereocenters. The summed E-state index contributed by atoms with van der Waals surface area (Å²) in [4.78, 5) is 8.39. The fourth-order valence-electron chi connectivity index (χ4n) is 1.55. The minimum absolute atomic E-state index is 0.194. The number of sulfone groups is 1. The van der Waals surface area contributed by atoms with Crippen molar-refractivity contribution in [3.05, 3.63) is 36.5 Å². The van der Waals surface area contributed by atoms with E-state index in [0.717, 1.165) is 12.1 Å². The highest BCUT2D eigenvalue weighted by atomic mass is 32.2. The van der Waals surface area contributed by atoms with Gasteiger partial charge in [-0.05, 0) is 12.1 Å². The van der Waals surface area contributed by atoms with Crippen LogP contribution < -0.4 is 5.32 Å². The molecule has 2 heterocycles. The Bertz CT molecular complexity index is 649. The number of imidazole rings is 1. The van der Waals surface area contributed by atoms with Gasteiger partial charge in [0.1, 0.15) is 16.5 Å². The van der Waals surface area contributed by atoms with Gasteiger partial charge >= 0.3 is 0 Å². The van der Waals surface area contributed by atoms with E-state index in [1.165, 1.54) is 6.07 Å². The Hall–Kier alpha value is -1.89. The smallest absolute Gasteiger partial charge is 0.179 e. The molecule has 0 aliphatic heterocycles. The number of aromatic nitrogens is 3. The third kappa shape index (κ3) is 2.67. The van der Waals surface area contributed by atoms with E-state index in [4.69, 9.17) is 0 Å². The second-order valence-electron chi connectivity index (χ2n) is 3.93. The second-order valence-corrected chi connectivity index (χ2v) is 5.91. The van der Waals surface area contributed by atoms with Crippen molar-refractivity contribution in [3.63, 3.8) is 0 Å². The molecule has 7 heteroatoms. The van der Waals surface area contributed by atoms with Gasteiger partial charge in [0.25, 0.3) is 0 Å². The number of hydrogen-bond donors (Lipinski definition) is 1. The second kappa shape index (κ2) is 4.77. The van der Waals surface area contributed by atoms with Gasteiger partial charge in [-0.3, -0.25) is 0 Å².